The van der Waals surface area contributed by atoms with E-state index in [9.17, 15) is 13.6 Å². The second-order valence-corrected chi connectivity index (χ2v) is 3.52. The molecule has 1 aromatic rings. The number of hydrogen-bond donors (Lipinski definition) is 1. The number of hydrogen-bond acceptors (Lipinski definition) is 3. The van der Waals surface area contributed by atoms with Crippen LogP contribution in [-0.2, 0) is 15.1 Å². The van der Waals surface area contributed by atoms with Gasteiger partial charge in [0.2, 0.25) is 0 Å². The number of ether oxygens (including phenoxy) is 1. The molecule has 0 saturated carbocycles. The number of nitrogens with two attached hydrogens (primary N) is 1. The van der Waals surface area contributed by atoms with Crippen LogP contribution < -0.4 is 5.73 Å². The Kier molecular flexibility index (Phi) is 3.59. The van der Waals surface area contributed by atoms with Gasteiger partial charge in [0.05, 0.1) is 12.2 Å². The van der Waals surface area contributed by atoms with Gasteiger partial charge in [-0.05, 0) is 26.0 Å². The molecule has 16 heavy (non-hydrogen) atoms. The zero-order valence-electron chi connectivity index (χ0n) is 9.09. The molecule has 5 heteroatoms. The van der Waals surface area contributed by atoms with E-state index < -0.39 is 28.7 Å². The minimum atomic E-state index is -1.83. The van der Waals surface area contributed by atoms with Crippen molar-refractivity contribution >= 4 is 5.97 Å². The smallest absolute Gasteiger partial charge is 0.330 e. The van der Waals surface area contributed by atoms with Crippen LogP contribution in [-0.4, -0.2) is 12.6 Å². The van der Waals surface area contributed by atoms with Gasteiger partial charge in [0, 0.05) is 0 Å². The predicted molar refractivity (Wildman–Crippen MR) is 54.5 cm³/mol. The maximum absolute atomic E-state index is 13.4. The summed E-state index contributed by atoms with van der Waals surface area (Å²) in [5.41, 5.74) is 3.31. The van der Waals surface area contributed by atoms with Crippen molar-refractivity contribution in [3.8, 4) is 0 Å². The lowest BCUT2D eigenvalue weighted by Crippen LogP contribution is -2.44. The maximum Gasteiger partial charge on any atom is 0.330 e. The van der Waals surface area contributed by atoms with Crippen LogP contribution in [0.5, 0.6) is 0 Å². The average molecular weight is 229 g/mol. The zero-order chi connectivity index (χ0) is 12.3. The lowest BCUT2D eigenvalue weighted by Gasteiger charge is -2.23. The molecule has 0 amide bonds. The molecule has 0 bridgehead atoms. The van der Waals surface area contributed by atoms with Crippen molar-refractivity contribution in [3.63, 3.8) is 0 Å². The van der Waals surface area contributed by atoms with Gasteiger partial charge in [-0.2, -0.15) is 0 Å². The first-order chi connectivity index (χ1) is 7.41. The molecule has 0 aliphatic rings. The Morgan fingerprint density at radius 2 is 1.94 bits per heavy atom. The number of carbonyl (C=O) groups excluding carboxylic acids is 1. The summed E-state index contributed by atoms with van der Waals surface area (Å²) < 4.78 is 31.5. The molecule has 2 N–H and O–H groups in total. The van der Waals surface area contributed by atoms with Crippen molar-refractivity contribution in [1.29, 1.82) is 0 Å². The third-order valence-corrected chi connectivity index (χ3v) is 2.18. The number of rotatable bonds is 3. The molecule has 0 aromatic heterocycles. The quantitative estimate of drug-likeness (QED) is 0.802. The average Bonchev–Trinajstić information content (AvgIpc) is 2.17. The first-order valence-corrected chi connectivity index (χ1v) is 4.81. The van der Waals surface area contributed by atoms with Crippen LogP contribution in [0.4, 0.5) is 8.78 Å². The molecule has 1 rings (SSSR count). The zero-order valence-corrected chi connectivity index (χ0v) is 9.09. The number of carbonyl (C=O) groups is 1. The molecule has 0 radical (unpaired) electrons. The molecule has 0 saturated heterocycles. The predicted octanol–water partition coefficient (Wildman–Crippen LogP) is 1.70. The number of benzene rings is 1. The third kappa shape index (κ3) is 2.19. The summed E-state index contributed by atoms with van der Waals surface area (Å²) in [6.45, 7) is 2.90. The molecule has 0 heterocycles. The normalized spacial score (nSPS) is 14.3. The van der Waals surface area contributed by atoms with Crippen molar-refractivity contribution < 1.29 is 18.3 Å². The van der Waals surface area contributed by atoms with E-state index in [-0.39, 0.29) is 6.61 Å². The summed E-state index contributed by atoms with van der Waals surface area (Å²) in [5, 5.41) is 0. The SMILES string of the molecule is CCOC(=O)C(C)(N)c1c(F)cccc1F. The topological polar surface area (TPSA) is 52.3 Å². The minimum Gasteiger partial charge on any atom is -0.464 e. The van der Waals surface area contributed by atoms with Crippen LogP contribution in [0.2, 0.25) is 0 Å². The molecule has 1 atom stereocenters. The van der Waals surface area contributed by atoms with E-state index in [0.717, 1.165) is 12.1 Å². The molecule has 88 valence electrons. The largest absolute Gasteiger partial charge is 0.464 e. The lowest BCUT2D eigenvalue weighted by molar-refractivity contribution is -0.149. The maximum atomic E-state index is 13.4. The molecule has 1 unspecified atom stereocenters. The van der Waals surface area contributed by atoms with Crippen LogP contribution in [0.25, 0.3) is 0 Å². The summed E-state index contributed by atoms with van der Waals surface area (Å²) >= 11 is 0. The van der Waals surface area contributed by atoms with E-state index in [1.165, 1.54) is 13.0 Å². The van der Waals surface area contributed by atoms with Crippen LogP contribution in [0.1, 0.15) is 19.4 Å². The highest BCUT2D eigenvalue weighted by atomic mass is 19.1. The summed E-state index contributed by atoms with van der Waals surface area (Å²) in [7, 11) is 0. The Labute approximate surface area is 92.2 Å². The fraction of sp³-hybridized carbons (Fsp3) is 0.364. The van der Waals surface area contributed by atoms with Crippen LogP contribution in [0.3, 0.4) is 0 Å². The van der Waals surface area contributed by atoms with E-state index in [1.54, 1.807) is 6.92 Å². The van der Waals surface area contributed by atoms with E-state index in [2.05, 4.69) is 4.74 Å². The Morgan fingerprint density at radius 3 is 2.38 bits per heavy atom. The fourth-order valence-corrected chi connectivity index (χ4v) is 1.38. The molecule has 3 nitrogen and oxygen atoms in total. The van der Waals surface area contributed by atoms with Crippen molar-refractivity contribution in [2.75, 3.05) is 6.61 Å². The minimum absolute atomic E-state index is 0.0989. The third-order valence-electron chi connectivity index (χ3n) is 2.18. The molecule has 0 aliphatic heterocycles. The van der Waals surface area contributed by atoms with Gasteiger partial charge in [-0.3, -0.25) is 0 Å². The van der Waals surface area contributed by atoms with Crippen LogP contribution in [0, 0.1) is 11.6 Å². The van der Waals surface area contributed by atoms with E-state index in [0.29, 0.717) is 0 Å². The first kappa shape index (κ1) is 12.6. The molecule has 0 aliphatic carbocycles. The second-order valence-electron chi connectivity index (χ2n) is 3.52. The summed E-state index contributed by atoms with van der Waals surface area (Å²) in [6, 6.07) is 3.29. The highest BCUT2D eigenvalue weighted by molar-refractivity contribution is 5.82. The van der Waals surface area contributed by atoms with E-state index in [4.69, 9.17) is 5.73 Å². The van der Waals surface area contributed by atoms with E-state index >= 15 is 0 Å². The molecular weight excluding hydrogens is 216 g/mol. The monoisotopic (exact) mass is 229 g/mol. The molecule has 1 aromatic carbocycles. The molecular formula is C11H13F2NO2. The lowest BCUT2D eigenvalue weighted by atomic mass is 9.92. The van der Waals surface area contributed by atoms with Crippen molar-refractivity contribution in [2.45, 2.75) is 19.4 Å². The van der Waals surface area contributed by atoms with Gasteiger partial charge >= 0.3 is 5.97 Å². The fourth-order valence-electron chi connectivity index (χ4n) is 1.38. The van der Waals surface area contributed by atoms with Crippen molar-refractivity contribution in [1.82, 2.24) is 0 Å². The van der Waals surface area contributed by atoms with Gasteiger partial charge in [-0.1, -0.05) is 6.07 Å². The Hall–Kier alpha value is -1.49. The van der Waals surface area contributed by atoms with Crippen LogP contribution in [0.15, 0.2) is 18.2 Å². The first-order valence-electron chi connectivity index (χ1n) is 4.81. The Balaban J connectivity index is 3.21. The highest BCUT2D eigenvalue weighted by Gasteiger charge is 2.37. The second kappa shape index (κ2) is 4.57. The summed E-state index contributed by atoms with van der Waals surface area (Å²) in [6.07, 6.45) is 0. The van der Waals surface area contributed by atoms with Gasteiger partial charge in [-0.15, -0.1) is 0 Å². The highest BCUT2D eigenvalue weighted by Crippen LogP contribution is 2.25. The van der Waals surface area contributed by atoms with Crippen molar-refractivity contribution in [2.24, 2.45) is 5.73 Å². The summed E-state index contributed by atoms with van der Waals surface area (Å²) in [5.74, 6) is -2.59. The van der Waals surface area contributed by atoms with Gasteiger partial charge in [0.15, 0.2) is 0 Å². The summed E-state index contributed by atoms with van der Waals surface area (Å²) in [4.78, 5) is 11.5. The Morgan fingerprint density at radius 1 is 1.44 bits per heavy atom. The number of esters is 1. The van der Waals surface area contributed by atoms with Gasteiger partial charge in [0.25, 0.3) is 0 Å². The van der Waals surface area contributed by atoms with E-state index in [1.807, 2.05) is 0 Å². The standard InChI is InChI=1S/C11H13F2NO2/c1-3-16-10(15)11(2,14)9-7(12)5-4-6-8(9)13/h4-6H,3,14H2,1-2H3. The van der Waals surface area contributed by atoms with Gasteiger partial charge in [0.1, 0.15) is 17.2 Å². The molecule has 0 fully saturated rings. The van der Waals surface area contributed by atoms with Gasteiger partial charge in [-0.25, -0.2) is 13.6 Å². The Bertz CT molecular complexity index is 385. The van der Waals surface area contributed by atoms with Gasteiger partial charge < -0.3 is 10.5 Å². The molecule has 0 spiro atoms. The van der Waals surface area contributed by atoms with Crippen LogP contribution >= 0.6 is 0 Å². The van der Waals surface area contributed by atoms with Crippen molar-refractivity contribution in [3.05, 3.63) is 35.4 Å². The number of halogens is 2.